The van der Waals surface area contributed by atoms with Gasteiger partial charge in [0, 0.05) is 10.9 Å². The first-order valence-corrected chi connectivity index (χ1v) is 8.75. The lowest BCUT2D eigenvalue weighted by molar-refractivity contribution is -0.145. The molecule has 2 rings (SSSR count). The number of carbonyl (C=O) groups excluding carboxylic acids is 1. The molecule has 1 N–H and O–H groups in total. The minimum atomic E-state index is -0.155. The highest BCUT2D eigenvalue weighted by atomic mass is 32.1. The highest BCUT2D eigenvalue weighted by molar-refractivity contribution is 7.15. The Balaban J connectivity index is 1.96. The van der Waals surface area contributed by atoms with Crippen LogP contribution >= 0.6 is 11.3 Å². The van der Waals surface area contributed by atoms with Crippen LogP contribution in [0.15, 0.2) is 0 Å². The van der Waals surface area contributed by atoms with Crippen LogP contribution in [0.3, 0.4) is 0 Å². The van der Waals surface area contributed by atoms with Gasteiger partial charge in [-0.3, -0.25) is 4.79 Å². The number of rotatable bonds is 7. The molecule has 4 nitrogen and oxygen atoms in total. The number of carbonyl (C=O) groups is 1. The Labute approximate surface area is 131 Å². The Morgan fingerprint density at radius 2 is 2.19 bits per heavy atom. The molecule has 0 saturated heterocycles. The van der Waals surface area contributed by atoms with Crippen LogP contribution in [0.1, 0.15) is 63.4 Å². The second-order valence-electron chi connectivity index (χ2n) is 6.19. The van der Waals surface area contributed by atoms with E-state index in [1.807, 2.05) is 6.92 Å². The molecule has 1 aliphatic carbocycles. The van der Waals surface area contributed by atoms with Gasteiger partial charge >= 0.3 is 5.97 Å². The van der Waals surface area contributed by atoms with Crippen molar-refractivity contribution in [2.45, 2.75) is 65.3 Å². The van der Waals surface area contributed by atoms with Crippen LogP contribution in [-0.4, -0.2) is 23.6 Å². The molecule has 0 saturated carbocycles. The standard InChI is InChI=1S/C16H26N2O2S/c1-5-20-15(19)12-8-9-13-14(12)18-16(21-13)17-11(4)7-6-10(2)3/h10-12H,5-9H2,1-4H3,(H,17,18). The van der Waals surface area contributed by atoms with Crippen LogP contribution in [0.5, 0.6) is 0 Å². The molecule has 1 aliphatic rings. The van der Waals surface area contributed by atoms with Crippen LogP contribution in [0.25, 0.3) is 0 Å². The maximum atomic E-state index is 11.9. The zero-order valence-corrected chi connectivity index (χ0v) is 14.3. The van der Waals surface area contributed by atoms with Gasteiger partial charge in [-0.1, -0.05) is 13.8 Å². The quantitative estimate of drug-likeness (QED) is 0.774. The van der Waals surface area contributed by atoms with Gasteiger partial charge in [0.1, 0.15) is 5.92 Å². The van der Waals surface area contributed by atoms with Crippen LogP contribution in [0.4, 0.5) is 5.13 Å². The predicted molar refractivity (Wildman–Crippen MR) is 87.0 cm³/mol. The molecule has 118 valence electrons. The average molecular weight is 310 g/mol. The first-order chi connectivity index (χ1) is 10.0. The Morgan fingerprint density at radius 3 is 2.86 bits per heavy atom. The number of anilines is 1. The number of esters is 1. The topological polar surface area (TPSA) is 51.2 Å². The van der Waals surface area contributed by atoms with Gasteiger partial charge in [0.15, 0.2) is 5.13 Å². The van der Waals surface area contributed by atoms with Crippen LogP contribution < -0.4 is 5.32 Å². The third-order valence-electron chi connectivity index (χ3n) is 3.84. The summed E-state index contributed by atoms with van der Waals surface area (Å²) in [6.07, 6.45) is 4.14. The summed E-state index contributed by atoms with van der Waals surface area (Å²) in [4.78, 5) is 17.8. The van der Waals surface area contributed by atoms with E-state index in [-0.39, 0.29) is 11.9 Å². The van der Waals surface area contributed by atoms with E-state index in [0.29, 0.717) is 12.6 Å². The van der Waals surface area contributed by atoms with Gasteiger partial charge < -0.3 is 10.1 Å². The highest BCUT2D eigenvalue weighted by Crippen LogP contribution is 2.39. The number of fused-ring (bicyclic) bond motifs is 1. The van der Waals surface area contributed by atoms with E-state index < -0.39 is 0 Å². The number of thiazole rings is 1. The van der Waals surface area contributed by atoms with Gasteiger partial charge in [-0.25, -0.2) is 4.98 Å². The number of hydrogen-bond donors (Lipinski definition) is 1. The molecule has 2 unspecified atom stereocenters. The van der Waals surface area contributed by atoms with Crippen molar-refractivity contribution in [3.8, 4) is 0 Å². The largest absolute Gasteiger partial charge is 0.465 e. The number of aryl methyl sites for hydroxylation is 1. The first-order valence-electron chi connectivity index (χ1n) is 7.94. The van der Waals surface area contributed by atoms with Crippen molar-refractivity contribution in [1.29, 1.82) is 0 Å². The third-order valence-corrected chi connectivity index (χ3v) is 4.90. The maximum Gasteiger partial charge on any atom is 0.315 e. The molecule has 0 amide bonds. The zero-order chi connectivity index (χ0) is 15.4. The van der Waals surface area contributed by atoms with Crippen molar-refractivity contribution in [2.24, 2.45) is 5.92 Å². The summed E-state index contributed by atoms with van der Waals surface area (Å²) in [5.74, 6) is 0.447. The number of hydrogen-bond acceptors (Lipinski definition) is 5. The fourth-order valence-corrected chi connectivity index (χ4v) is 3.78. The van der Waals surface area contributed by atoms with Crippen molar-refractivity contribution in [3.63, 3.8) is 0 Å². The molecule has 0 aliphatic heterocycles. The number of aromatic nitrogens is 1. The van der Waals surface area contributed by atoms with Crippen molar-refractivity contribution in [3.05, 3.63) is 10.6 Å². The van der Waals surface area contributed by atoms with Gasteiger partial charge in [0.25, 0.3) is 0 Å². The summed E-state index contributed by atoms with van der Waals surface area (Å²) in [6, 6.07) is 0.416. The molecule has 1 aromatic rings. The molecular formula is C16H26N2O2S. The zero-order valence-electron chi connectivity index (χ0n) is 13.4. The van der Waals surface area contributed by atoms with E-state index in [4.69, 9.17) is 4.74 Å². The van der Waals surface area contributed by atoms with Crippen molar-refractivity contribution < 1.29 is 9.53 Å². The molecule has 0 bridgehead atoms. The molecule has 0 fully saturated rings. The molecule has 0 spiro atoms. The van der Waals surface area contributed by atoms with Gasteiger partial charge in [-0.05, 0) is 45.4 Å². The molecule has 0 aromatic carbocycles. The van der Waals surface area contributed by atoms with Gasteiger partial charge in [0.05, 0.1) is 12.3 Å². The summed E-state index contributed by atoms with van der Waals surface area (Å²) in [6.45, 7) is 8.96. The van der Waals surface area contributed by atoms with Crippen LogP contribution in [0, 0.1) is 5.92 Å². The number of ether oxygens (including phenoxy) is 1. The lowest BCUT2D eigenvalue weighted by Gasteiger charge is -2.14. The summed E-state index contributed by atoms with van der Waals surface area (Å²) in [7, 11) is 0. The molecule has 5 heteroatoms. The van der Waals surface area contributed by atoms with Crippen LogP contribution in [-0.2, 0) is 16.0 Å². The summed E-state index contributed by atoms with van der Waals surface area (Å²) >= 11 is 1.69. The van der Waals surface area contributed by atoms with Crippen molar-refractivity contribution in [1.82, 2.24) is 4.98 Å². The van der Waals surface area contributed by atoms with E-state index in [0.717, 1.165) is 36.0 Å². The predicted octanol–water partition coefficient (Wildman–Crippen LogP) is 3.97. The summed E-state index contributed by atoms with van der Waals surface area (Å²) in [5, 5.41) is 4.42. The minimum absolute atomic E-state index is 0.124. The van der Waals surface area contributed by atoms with Gasteiger partial charge in [-0.2, -0.15) is 0 Å². The van der Waals surface area contributed by atoms with Gasteiger partial charge in [-0.15, -0.1) is 11.3 Å². The molecule has 1 heterocycles. The molecule has 1 aromatic heterocycles. The Bertz CT molecular complexity index is 485. The maximum absolute atomic E-state index is 11.9. The monoisotopic (exact) mass is 310 g/mol. The van der Waals surface area contributed by atoms with E-state index in [1.165, 1.54) is 11.3 Å². The number of nitrogens with one attached hydrogen (secondary N) is 1. The molecular weight excluding hydrogens is 284 g/mol. The van der Waals surface area contributed by atoms with E-state index in [2.05, 4.69) is 31.1 Å². The minimum Gasteiger partial charge on any atom is -0.465 e. The third kappa shape index (κ3) is 4.19. The Hall–Kier alpha value is -1.10. The second-order valence-corrected chi connectivity index (χ2v) is 7.27. The highest BCUT2D eigenvalue weighted by Gasteiger charge is 2.33. The lowest BCUT2D eigenvalue weighted by atomic mass is 10.0. The molecule has 2 atom stereocenters. The average Bonchev–Trinajstić information content (AvgIpc) is 2.96. The Morgan fingerprint density at radius 1 is 1.43 bits per heavy atom. The smallest absolute Gasteiger partial charge is 0.315 e. The van der Waals surface area contributed by atoms with Crippen LogP contribution in [0.2, 0.25) is 0 Å². The summed E-state index contributed by atoms with van der Waals surface area (Å²) in [5.41, 5.74) is 0.942. The molecule has 0 radical (unpaired) electrons. The normalized spacial score (nSPS) is 18.6. The SMILES string of the molecule is CCOC(=O)C1CCc2sc(NC(C)CCC(C)C)nc21. The lowest BCUT2D eigenvalue weighted by Crippen LogP contribution is -2.17. The molecule has 21 heavy (non-hydrogen) atoms. The fourth-order valence-electron chi connectivity index (χ4n) is 2.63. The first kappa shape index (κ1) is 16.3. The van der Waals surface area contributed by atoms with E-state index in [9.17, 15) is 4.79 Å². The number of nitrogens with zero attached hydrogens (tertiary/aromatic N) is 1. The van der Waals surface area contributed by atoms with Gasteiger partial charge in [0.2, 0.25) is 0 Å². The van der Waals surface area contributed by atoms with Crippen molar-refractivity contribution in [2.75, 3.05) is 11.9 Å². The second kappa shape index (κ2) is 7.25. The van der Waals surface area contributed by atoms with E-state index >= 15 is 0 Å². The van der Waals surface area contributed by atoms with Crippen molar-refractivity contribution >= 4 is 22.4 Å². The van der Waals surface area contributed by atoms with E-state index in [1.54, 1.807) is 11.3 Å². The summed E-state index contributed by atoms with van der Waals surface area (Å²) < 4.78 is 5.14. The Kier molecular flexibility index (Phi) is 5.62. The fraction of sp³-hybridized carbons (Fsp3) is 0.750.